The van der Waals surface area contributed by atoms with E-state index < -0.39 is 0 Å². The molecule has 0 saturated carbocycles. The van der Waals surface area contributed by atoms with Crippen LogP contribution in [0.4, 0.5) is 17.1 Å². The summed E-state index contributed by atoms with van der Waals surface area (Å²) in [5.74, 6) is 1.54. The fourth-order valence-corrected chi connectivity index (χ4v) is 5.86. The normalized spacial score (nSPS) is 12.9. The van der Waals surface area contributed by atoms with E-state index in [4.69, 9.17) is 15.0 Å². The molecule has 0 radical (unpaired) electrons. The molecule has 1 aromatic heterocycles. The van der Waals surface area contributed by atoms with Crippen molar-refractivity contribution in [1.82, 2.24) is 15.0 Å². The predicted molar refractivity (Wildman–Crippen MR) is 172 cm³/mol. The van der Waals surface area contributed by atoms with Crippen LogP contribution in [0.2, 0.25) is 0 Å². The van der Waals surface area contributed by atoms with E-state index >= 15 is 0 Å². The zero-order valence-corrected chi connectivity index (χ0v) is 24.2. The van der Waals surface area contributed by atoms with Gasteiger partial charge in [-0.05, 0) is 96.1 Å². The van der Waals surface area contributed by atoms with E-state index in [9.17, 15) is 10.5 Å². The Hall–Kier alpha value is -6.11. The summed E-state index contributed by atoms with van der Waals surface area (Å²) < 4.78 is 0. The van der Waals surface area contributed by atoms with Crippen molar-refractivity contribution >= 4 is 17.1 Å². The molecule has 0 saturated heterocycles. The zero-order valence-electron chi connectivity index (χ0n) is 24.2. The van der Waals surface area contributed by atoms with Gasteiger partial charge in [0.15, 0.2) is 17.5 Å². The lowest BCUT2D eigenvalue weighted by molar-refractivity contribution is 0.632. The Morgan fingerprint density at radius 2 is 0.864 bits per heavy atom. The van der Waals surface area contributed by atoms with Gasteiger partial charge in [0, 0.05) is 27.8 Å². The molecule has 0 fully saturated rings. The van der Waals surface area contributed by atoms with Gasteiger partial charge in [-0.15, -0.1) is 0 Å². The summed E-state index contributed by atoms with van der Waals surface area (Å²) in [7, 11) is 0. The van der Waals surface area contributed by atoms with Crippen LogP contribution in [-0.2, 0) is 5.41 Å². The largest absolute Gasteiger partial charge is 0.310 e. The van der Waals surface area contributed by atoms with Crippen molar-refractivity contribution in [2.45, 2.75) is 19.3 Å². The third kappa shape index (κ3) is 4.56. The Morgan fingerprint density at radius 1 is 0.500 bits per heavy atom. The Kier molecular flexibility index (Phi) is 6.46. The van der Waals surface area contributed by atoms with Gasteiger partial charge >= 0.3 is 0 Å². The number of rotatable bonds is 4. The molecule has 0 atom stereocenters. The first-order valence-corrected chi connectivity index (χ1v) is 14.3. The van der Waals surface area contributed by atoms with Gasteiger partial charge in [0.25, 0.3) is 0 Å². The van der Waals surface area contributed by atoms with Gasteiger partial charge in [0.1, 0.15) is 0 Å². The van der Waals surface area contributed by atoms with Crippen molar-refractivity contribution in [2.24, 2.45) is 0 Å². The molecule has 5 aromatic carbocycles. The first-order chi connectivity index (χ1) is 21.5. The molecule has 2 heterocycles. The molecule has 1 aliphatic rings. The lowest BCUT2D eigenvalue weighted by atomic mass is 9.73. The topological polar surface area (TPSA) is 89.5 Å². The average molecular weight is 567 g/mol. The number of hydrogen-bond donors (Lipinski definition) is 0. The quantitative estimate of drug-likeness (QED) is 0.212. The molecule has 6 nitrogen and oxygen atoms in total. The average Bonchev–Trinajstić information content (AvgIpc) is 3.08. The van der Waals surface area contributed by atoms with E-state index in [0.717, 1.165) is 33.8 Å². The number of fused-ring (bicyclic) bond motifs is 2. The highest BCUT2D eigenvalue weighted by molar-refractivity contribution is 5.86. The Balaban J connectivity index is 1.33. The van der Waals surface area contributed by atoms with Crippen molar-refractivity contribution in [2.75, 3.05) is 4.90 Å². The van der Waals surface area contributed by atoms with E-state index in [1.807, 2.05) is 36.4 Å². The number of anilines is 3. The molecule has 208 valence electrons. The van der Waals surface area contributed by atoms with E-state index in [1.54, 1.807) is 24.3 Å². The first-order valence-electron chi connectivity index (χ1n) is 14.3. The number of para-hydroxylation sites is 2. The highest BCUT2D eigenvalue weighted by Gasteiger charge is 2.36. The summed E-state index contributed by atoms with van der Waals surface area (Å²) in [6.07, 6.45) is 0. The molecule has 0 N–H and O–H groups in total. The van der Waals surface area contributed by atoms with Crippen LogP contribution < -0.4 is 4.90 Å². The molecule has 44 heavy (non-hydrogen) atoms. The van der Waals surface area contributed by atoms with E-state index in [1.165, 1.54) is 11.1 Å². The molecular weight excluding hydrogens is 540 g/mol. The fourth-order valence-electron chi connectivity index (χ4n) is 5.86. The molecule has 6 aromatic rings. The van der Waals surface area contributed by atoms with Crippen molar-refractivity contribution in [1.29, 1.82) is 10.5 Å². The van der Waals surface area contributed by atoms with E-state index in [0.29, 0.717) is 28.6 Å². The van der Waals surface area contributed by atoms with Crippen LogP contribution in [0.1, 0.15) is 36.1 Å². The smallest absolute Gasteiger partial charge is 0.164 e. The Bertz CT molecular complexity index is 1970. The number of benzene rings is 5. The third-order valence-corrected chi connectivity index (χ3v) is 8.20. The summed E-state index contributed by atoms with van der Waals surface area (Å²) in [5.41, 5.74) is 9.33. The summed E-state index contributed by atoms with van der Waals surface area (Å²) >= 11 is 0. The molecule has 0 aliphatic carbocycles. The van der Waals surface area contributed by atoms with Crippen molar-refractivity contribution in [3.63, 3.8) is 0 Å². The number of aromatic nitrogens is 3. The summed E-state index contributed by atoms with van der Waals surface area (Å²) in [5, 5.41) is 18.5. The van der Waals surface area contributed by atoms with Gasteiger partial charge in [-0.3, -0.25) is 0 Å². The van der Waals surface area contributed by atoms with Crippen LogP contribution >= 0.6 is 0 Å². The monoisotopic (exact) mass is 566 g/mol. The van der Waals surface area contributed by atoms with Crippen LogP contribution in [0, 0.1) is 22.7 Å². The van der Waals surface area contributed by atoms with Crippen molar-refractivity contribution in [3.8, 4) is 46.3 Å². The van der Waals surface area contributed by atoms with Gasteiger partial charge in [0.2, 0.25) is 0 Å². The van der Waals surface area contributed by atoms with Gasteiger partial charge in [0.05, 0.1) is 34.6 Å². The van der Waals surface area contributed by atoms with Gasteiger partial charge in [-0.2, -0.15) is 10.5 Å². The number of nitriles is 2. The van der Waals surface area contributed by atoms with Crippen LogP contribution in [0.3, 0.4) is 0 Å². The maximum absolute atomic E-state index is 9.26. The van der Waals surface area contributed by atoms with Crippen molar-refractivity contribution in [3.05, 3.63) is 144 Å². The Morgan fingerprint density at radius 3 is 1.25 bits per heavy atom. The summed E-state index contributed by atoms with van der Waals surface area (Å²) in [4.78, 5) is 16.8. The zero-order chi connectivity index (χ0) is 30.3. The number of hydrogen-bond acceptors (Lipinski definition) is 6. The van der Waals surface area contributed by atoms with Crippen LogP contribution in [0.15, 0.2) is 121 Å². The van der Waals surface area contributed by atoms with E-state index in [-0.39, 0.29) is 5.41 Å². The highest BCUT2D eigenvalue weighted by atomic mass is 15.2. The molecule has 6 heteroatoms. The van der Waals surface area contributed by atoms with E-state index in [2.05, 4.69) is 91.5 Å². The molecule has 0 bridgehead atoms. The molecule has 0 spiro atoms. The predicted octanol–water partition coefficient (Wildman–Crippen LogP) is 8.73. The second kappa shape index (κ2) is 10.6. The summed E-state index contributed by atoms with van der Waals surface area (Å²) in [6, 6.07) is 44.2. The van der Waals surface area contributed by atoms with Crippen molar-refractivity contribution < 1.29 is 0 Å². The molecule has 7 rings (SSSR count). The minimum Gasteiger partial charge on any atom is -0.310 e. The van der Waals surface area contributed by atoms with Gasteiger partial charge in [-0.25, -0.2) is 15.0 Å². The van der Waals surface area contributed by atoms with Crippen LogP contribution in [-0.4, -0.2) is 15.0 Å². The minimum atomic E-state index is -0.127. The maximum atomic E-state index is 9.26. The fraction of sp³-hybridized carbons (Fsp3) is 0.0789. The highest BCUT2D eigenvalue weighted by Crippen LogP contribution is 2.51. The summed E-state index contributed by atoms with van der Waals surface area (Å²) in [6.45, 7) is 4.56. The molecular formula is C38H26N6. The van der Waals surface area contributed by atoms with Crippen LogP contribution in [0.25, 0.3) is 34.2 Å². The second-order valence-electron chi connectivity index (χ2n) is 11.2. The first kappa shape index (κ1) is 26.8. The molecule has 1 aliphatic heterocycles. The minimum absolute atomic E-state index is 0.127. The second-order valence-corrected chi connectivity index (χ2v) is 11.2. The maximum Gasteiger partial charge on any atom is 0.164 e. The number of nitrogens with zero attached hydrogens (tertiary/aromatic N) is 6. The lowest BCUT2D eigenvalue weighted by Gasteiger charge is -2.42. The Labute approximate surface area is 256 Å². The SMILES string of the molecule is CC1(C)c2ccccc2N(c2ccc(-c3nc(-c4ccc(C#N)cc4)nc(-c4ccc(C#N)cc4)n3)cc2)c2ccccc21. The molecule has 0 amide bonds. The standard InChI is InChI=1S/C38H26N6/c1-38(2)31-7-3-5-9-33(31)44(34-10-6-4-8-32(34)38)30-21-19-29(20-22-30)37-42-35(27-15-11-25(23-39)12-16-27)41-36(43-37)28-17-13-26(24-40)14-18-28/h3-22H,1-2H3. The van der Waals surface area contributed by atoms with Crippen LogP contribution in [0.5, 0.6) is 0 Å². The van der Waals surface area contributed by atoms with Gasteiger partial charge < -0.3 is 4.90 Å². The van der Waals surface area contributed by atoms with Gasteiger partial charge in [-0.1, -0.05) is 50.2 Å². The molecule has 0 unspecified atom stereocenters. The third-order valence-electron chi connectivity index (χ3n) is 8.20. The lowest BCUT2D eigenvalue weighted by Crippen LogP contribution is -2.30.